The second-order valence-electron chi connectivity index (χ2n) is 32.4. The molecular formula is C100H96BNO2Si2. The molecule has 0 radical (unpaired) electrons. The minimum atomic E-state index is -2.41. The number of aromatic nitrogens is 1. The monoisotopic (exact) mass is 1410 g/mol. The molecule has 6 heteroatoms. The van der Waals surface area contributed by atoms with Crippen molar-refractivity contribution in [3.63, 3.8) is 0 Å². The molecule has 17 rings (SSSR count). The quantitative estimate of drug-likeness (QED) is 0.106. The van der Waals surface area contributed by atoms with Crippen LogP contribution in [0.5, 0.6) is 23.0 Å². The van der Waals surface area contributed by atoms with Crippen molar-refractivity contribution in [2.24, 2.45) is 0 Å². The van der Waals surface area contributed by atoms with Gasteiger partial charge in [0.05, 0.1) is 11.0 Å². The average Bonchev–Trinajstić information content (AvgIpc) is 1.27. The Morgan fingerprint density at radius 3 is 0.915 bits per heavy atom. The van der Waals surface area contributed by atoms with E-state index in [2.05, 4.69) is 440 Å². The Hall–Kier alpha value is -11.0. The zero-order valence-electron chi connectivity index (χ0n) is 63.5. The fourth-order valence-electron chi connectivity index (χ4n) is 15.7. The third kappa shape index (κ3) is 14.2. The maximum Gasteiger partial charge on any atom is 0.260 e. The van der Waals surface area contributed by atoms with E-state index in [0.717, 1.165) is 28.5 Å². The molecule has 3 nitrogen and oxygen atoms in total. The molecule has 3 heterocycles. The van der Waals surface area contributed by atoms with Crippen LogP contribution < -0.4 is 67.4 Å². The topological polar surface area (TPSA) is 23.4 Å². The first-order valence-electron chi connectivity index (χ1n) is 37.5. The highest BCUT2D eigenvalue weighted by Gasteiger charge is 2.44. The van der Waals surface area contributed by atoms with Crippen molar-refractivity contribution in [2.75, 3.05) is 0 Å². The molecule has 0 unspecified atom stereocenters. The molecule has 2 aliphatic heterocycles. The van der Waals surface area contributed by atoms with E-state index in [4.69, 9.17) is 9.47 Å². The summed E-state index contributed by atoms with van der Waals surface area (Å²) in [5, 5.41) is 14.0. The normalized spacial score (nSPS) is 12.5. The highest BCUT2D eigenvalue weighted by Crippen LogP contribution is 2.39. The van der Waals surface area contributed by atoms with Gasteiger partial charge in [-0.1, -0.05) is 399 Å². The van der Waals surface area contributed by atoms with Crippen molar-refractivity contribution in [3.8, 4) is 28.7 Å². The predicted molar refractivity (Wildman–Crippen MR) is 460 cm³/mol. The maximum absolute atomic E-state index is 6.30. The van der Waals surface area contributed by atoms with Gasteiger partial charge in [-0.3, -0.25) is 0 Å². The van der Waals surface area contributed by atoms with Crippen LogP contribution in [0.3, 0.4) is 0 Å². The lowest BCUT2D eigenvalue weighted by Gasteiger charge is -2.35. The van der Waals surface area contributed by atoms with Gasteiger partial charge in [0, 0.05) is 21.9 Å². The van der Waals surface area contributed by atoms with Gasteiger partial charge in [-0.25, -0.2) is 0 Å². The number of para-hydroxylation sites is 4. The van der Waals surface area contributed by atoms with Crippen LogP contribution in [0.2, 0.25) is 0 Å². The molecule has 1 aromatic heterocycles. The van der Waals surface area contributed by atoms with Gasteiger partial charge in [0.15, 0.2) is 16.1 Å². The summed E-state index contributed by atoms with van der Waals surface area (Å²) >= 11 is 0. The molecule has 0 saturated carbocycles. The van der Waals surface area contributed by atoms with E-state index in [1.54, 1.807) is 0 Å². The lowest BCUT2D eigenvalue weighted by molar-refractivity contribution is 0.458. The number of benzene rings is 14. The van der Waals surface area contributed by atoms with Crippen molar-refractivity contribution in [1.29, 1.82) is 0 Å². The first-order valence-corrected chi connectivity index (χ1v) is 41.5. The van der Waals surface area contributed by atoms with Gasteiger partial charge in [0.2, 0.25) is 0 Å². The van der Waals surface area contributed by atoms with Crippen molar-refractivity contribution in [2.45, 2.75) is 105 Å². The molecular weight excluding hydrogens is 1310 g/mol. The molecule has 0 atom stereocenters. The zero-order valence-corrected chi connectivity index (χ0v) is 65.5. The molecule has 14 aromatic carbocycles. The number of rotatable bonds is 9. The summed E-state index contributed by atoms with van der Waals surface area (Å²) in [5.41, 5.74) is 13.1. The Balaban J connectivity index is 0.000000119. The summed E-state index contributed by atoms with van der Waals surface area (Å²) in [4.78, 5) is 0. The van der Waals surface area contributed by atoms with Gasteiger partial charge in [-0.05, 0) is 145 Å². The van der Waals surface area contributed by atoms with Gasteiger partial charge < -0.3 is 14.0 Å². The Labute approximate surface area is 632 Å². The van der Waals surface area contributed by atoms with Crippen LogP contribution in [0.1, 0.15) is 105 Å². The van der Waals surface area contributed by atoms with Gasteiger partial charge in [0.1, 0.15) is 23.0 Å². The number of nitrogens with zero attached hydrogens (tertiary/aromatic N) is 1. The van der Waals surface area contributed by atoms with Crippen LogP contribution in [0, 0.1) is 0 Å². The first kappa shape index (κ1) is 71.9. The lowest BCUT2D eigenvalue weighted by atomic mass is 9.35. The van der Waals surface area contributed by atoms with Crippen LogP contribution in [0.15, 0.2) is 364 Å². The minimum Gasteiger partial charge on any atom is -0.458 e. The van der Waals surface area contributed by atoms with E-state index in [1.165, 1.54) is 102 Å². The zero-order chi connectivity index (χ0) is 73.9. The highest BCUT2D eigenvalue weighted by atomic mass is 28.3. The summed E-state index contributed by atoms with van der Waals surface area (Å²) in [6, 6.07) is 132. The highest BCUT2D eigenvalue weighted by molar-refractivity contribution is 7.20. The van der Waals surface area contributed by atoms with Crippen LogP contribution in [-0.4, -0.2) is 27.4 Å². The largest absolute Gasteiger partial charge is 0.458 e. The SMILES string of the molecule is CC(C)(C)c1cc2c3c(c1)Oc1ccccc1B3c1ccccc1O2.CC(C)(C)c1ccc([Si](c2ccccc2)(c2ccccc2)c2ccccc2)cc1.CC(C)(C)c1cccc(-n2c3ccccc3c3ccccc32)c1.CC(C)(C)c1cccc([Si](c2ccccc2)(c2ccccc2)c2ccccc2)c1. The molecule has 0 fully saturated rings. The Bertz CT molecular complexity index is 5180. The average molecular weight is 1410 g/mol. The van der Waals surface area contributed by atoms with E-state index in [9.17, 15) is 0 Å². The van der Waals surface area contributed by atoms with Crippen LogP contribution in [-0.2, 0) is 21.7 Å². The van der Waals surface area contributed by atoms with Crippen molar-refractivity contribution >= 4 is 103 Å². The molecule has 0 saturated heterocycles. The van der Waals surface area contributed by atoms with Gasteiger partial charge in [-0.2, -0.15) is 0 Å². The molecule has 0 amide bonds. The molecule has 15 aromatic rings. The van der Waals surface area contributed by atoms with Crippen molar-refractivity contribution < 1.29 is 9.47 Å². The fourth-order valence-corrected chi connectivity index (χ4v) is 25.2. The number of ether oxygens (including phenoxy) is 2. The summed E-state index contributed by atoms with van der Waals surface area (Å²) in [5.74, 6) is 3.71. The Kier molecular flexibility index (Phi) is 20.3. The summed E-state index contributed by atoms with van der Waals surface area (Å²) in [7, 11) is -4.79. The van der Waals surface area contributed by atoms with E-state index in [1.807, 2.05) is 12.1 Å². The van der Waals surface area contributed by atoms with Gasteiger partial charge in [0.25, 0.3) is 6.71 Å². The Morgan fingerprint density at radius 1 is 0.236 bits per heavy atom. The van der Waals surface area contributed by atoms with E-state index in [0.29, 0.717) is 0 Å². The number of hydrogen-bond donors (Lipinski definition) is 0. The third-order valence-corrected chi connectivity index (χ3v) is 30.9. The number of hydrogen-bond acceptors (Lipinski definition) is 2. The maximum atomic E-state index is 6.30. The van der Waals surface area contributed by atoms with Crippen LogP contribution >= 0.6 is 0 Å². The smallest absolute Gasteiger partial charge is 0.260 e. The molecule has 2 aliphatic rings. The van der Waals surface area contributed by atoms with Crippen molar-refractivity contribution in [1.82, 2.24) is 4.57 Å². The summed E-state index contributed by atoms with van der Waals surface area (Å²) in [6.07, 6.45) is 0. The second kappa shape index (κ2) is 29.8. The molecule has 0 aliphatic carbocycles. The Morgan fingerprint density at radius 2 is 0.538 bits per heavy atom. The standard InChI is InChI=1S/2C28H28Si.C22H19BO2.C22H21N/c1-28(2,3)23-14-13-21-27(22-23)29(24-15-7-4-8-16-24,25-17-9-5-10-18-25)26-19-11-6-12-20-26;1-28(2,3)23-19-21-27(22-20-23)29(24-13-7-4-8-14-24,25-15-9-5-10-16-25)26-17-11-6-12-18-26;1-22(2,3)14-12-19-21-20(13-14)25-18-11-7-5-9-16(18)23(21)15-8-4-6-10-17(15)24-19;1-22(2,3)16-9-8-10-17(15-16)23-20-13-6-4-11-18(20)19-12-5-7-14-21(19)23/h2*4-22H,1-3H3;4-13H,1-3H3;4-15H,1-3H3. The third-order valence-electron chi connectivity index (χ3n) is 21.3. The molecule has 0 bridgehead atoms. The summed E-state index contributed by atoms with van der Waals surface area (Å²) in [6.45, 7) is 27.3. The fraction of sp³-hybridized carbons (Fsp3) is 0.160. The van der Waals surface area contributed by atoms with E-state index < -0.39 is 16.1 Å². The van der Waals surface area contributed by atoms with E-state index in [-0.39, 0.29) is 28.4 Å². The molecule has 106 heavy (non-hydrogen) atoms. The minimum absolute atomic E-state index is 0.0294. The lowest BCUT2D eigenvalue weighted by Crippen LogP contribution is -2.74. The molecule has 0 spiro atoms. The molecule has 0 N–H and O–H groups in total. The van der Waals surface area contributed by atoms with Crippen molar-refractivity contribution in [3.05, 3.63) is 386 Å². The first-order chi connectivity index (χ1) is 51.1. The van der Waals surface area contributed by atoms with Crippen LogP contribution in [0.4, 0.5) is 0 Å². The van der Waals surface area contributed by atoms with Gasteiger partial charge >= 0.3 is 0 Å². The van der Waals surface area contributed by atoms with E-state index >= 15 is 0 Å². The number of fused-ring (bicyclic) bond motifs is 7. The predicted octanol–water partition coefficient (Wildman–Crippen LogP) is 18.5. The second-order valence-corrected chi connectivity index (χ2v) is 40.0. The van der Waals surface area contributed by atoms with Crippen LogP contribution in [0.25, 0.3) is 27.5 Å². The molecule has 524 valence electrons. The summed E-state index contributed by atoms with van der Waals surface area (Å²) < 4.78 is 15.0. The van der Waals surface area contributed by atoms with Gasteiger partial charge in [-0.15, -0.1) is 0 Å².